The van der Waals surface area contributed by atoms with Crippen LogP contribution in [0, 0.1) is 10.1 Å². The van der Waals surface area contributed by atoms with Crippen molar-refractivity contribution in [1.82, 2.24) is 14.5 Å². The van der Waals surface area contributed by atoms with E-state index in [1.165, 1.54) is 10.8 Å². The number of nitrogens with zero attached hydrogens (tertiary/aromatic N) is 4. The lowest BCUT2D eigenvalue weighted by molar-refractivity contribution is -0.392. The lowest BCUT2D eigenvalue weighted by atomic mass is 10.2. The lowest BCUT2D eigenvalue weighted by Gasteiger charge is -2.05. The van der Waals surface area contributed by atoms with Crippen molar-refractivity contribution < 1.29 is 14.5 Å². The van der Waals surface area contributed by atoms with E-state index in [0.717, 1.165) is 0 Å². The summed E-state index contributed by atoms with van der Waals surface area (Å²) in [6, 6.07) is 0. The topological polar surface area (TPSA) is 90.5 Å². The normalized spacial score (nSPS) is 17.0. The predicted molar refractivity (Wildman–Crippen MR) is 75.6 cm³/mol. The van der Waals surface area contributed by atoms with Crippen LogP contribution in [0.4, 0.5) is 5.82 Å². The van der Waals surface area contributed by atoms with Crippen molar-refractivity contribution in [2.45, 2.75) is 19.9 Å². The fourth-order valence-electron chi connectivity index (χ4n) is 2.20. The minimum atomic E-state index is -0.483. The van der Waals surface area contributed by atoms with Gasteiger partial charge in [-0.15, -0.1) is 0 Å². The number of hydrogen-bond acceptors (Lipinski definition) is 5. The van der Waals surface area contributed by atoms with Gasteiger partial charge in [0.25, 0.3) is 0 Å². The maximum Gasteiger partial charge on any atom is 0.343 e. The Balaban J connectivity index is 2.28. The standard InChI is InChI=1S/C13H18N4O4/c1-3-21-7-6-16-11(14-9-12(16)17(19)20)8-10-4-5-15(2)13(10)18/h8-9H,3-7H2,1-2H3/b10-8+. The molecule has 1 aliphatic rings. The molecule has 2 rings (SSSR count). The first-order valence-corrected chi connectivity index (χ1v) is 6.78. The summed E-state index contributed by atoms with van der Waals surface area (Å²) in [5.41, 5.74) is 0.621. The third-order valence-corrected chi connectivity index (χ3v) is 3.36. The van der Waals surface area contributed by atoms with Gasteiger partial charge in [-0.25, -0.2) is 9.55 Å². The molecular formula is C13H18N4O4. The molecule has 0 spiro atoms. The van der Waals surface area contributed by atoms with Crippen molar-refractivity contribution in [3.8, 4) is 0 Å². The van der Waals surface area contributed by atoms with E-state index >= 15 is 0 Å². The zero-order chi connectivity index (χ0) is 15.4. The Morgan fingerprint density at radius 1 is 1.57 bits per heavy atom. The molecule has 1 fully saturated rings. The third kappa shape index (κ3) is 3.27. The monoisotopic (exact) mass is 294 g/mol. The van der Waals surface area contributed by atoms with E-state index in [9.17, 15) is 14.9 Å². The fraction of sp³-hybridized carbons (Fsp3) is 0.538. The van der Waals surface area contributed by atoms with Gasteiger partial charge in [-0.1, -0.05) is 0 Å². The Labute approximate surface area is 122 Å². The zero-order valence-corrected chi connectivity index (χ0v) is 12.1. The van der Waals surface area contributed by atoms with Crippen LogP contribution in [0.1, 0.15) is 19.2 Å². The number of carbonyl (C=O) groups is 1. The number of hydrogen-bond donors (Lipinski definition) is 0. The summed E-state index contributed by atoms with van der Waals surface area (Å²) < 4.78 is 6.70. The van der Waals surface area contributed by atoms with E-state index in [1.807, 2.05) is 6.92 Å². The van der Waals surface area contributed by atoms with Crippen molar-refractivity contribution in [2.75, 3.05) is 26.8 Å². The summed E-state index contributed by atoms with van der Waals surface area (Å²) in [6.45, 7) is 3.75. The van der Waals surface area contributed by atoms with Crippen LogP contribution < -0.4 is 0 Å². The second-order valence-electron chi connectivity index (χ2n) is 4.73. The minimum Gasteiger partial charge on any atom is -0.378 e. The van der Waals surface area contributed by atoms with E-state index in [4.69, 9.17) is 4.74 Å². The number of nitro groups is 1. The van der Waals surface area contributed by atoms with Gasteiger partial charge >= 0.3 is 5.82 Å². The molecule has 1 aromatic rings. The first-order valence-electron chi connectivity index (χ1n) is 6.78. The lowest BCUT2D eigenvalue weighted by Crippen LogP contribution is -2.19. The van der Waals surface area contributed by atoms with E-state index in [-0.39, 0.29) is 11.7 Å². The number of ether oxygens (including phenoxy) is 1. The van der Waals surface area contributed by atoms with Crippen LogP contribution in [0.2, 0.25) is 0 Å². The molecule has 114 valence electrons. The van der Waals surface area contributed by atoms with Gasteiger partial charge in [0.05, 0.1) is 6.61 Å². The zero-order valence-electron chi connectivity index (χ0n) is 12.1. The Morgan fingerprint density at radius 2 is 2.33 bits per heavy atom. The maximum atomic E-state index is 11.9. The van der Waals surface area contributed by atoms with Gasteiger partial charge in [-0.3, -0.25) is 4.79 Å². The largest absolute Gasteiger partial charge is 0.378 e. The van der Waals surface area contributed by atoms with Crippen molar-refractivity contribution in [2.24, 2.45) is 0 Å². The number of rotatable bonds is 6. The highest BCUT2D eigenvalue weighted by Gasteiger charge is 2.25. The molecule has 0 N–H and O–H groups in total. The number of imidazole rings is 1. The van der Waals surface area contributed by atoms with E-state index in [0.29, 0.717) is 44.1 Å². The highest BCUT2D eigenvalue weighted by Crippen LogP contribution is 2.21. The van der Waals surface area contributed by atoms with Crippen LogP contribution in [0.3, 0.4) is 0 Å². The van der Waals surface area contributed by atoms with E-state index in [2.05, 4.69) is 4.98 Å². The Hall–Kier alpha value is -2.22. The molecular weight excluding hydrogens is 276 g/mol. The Bertz CT molecular complexity index is 579. The highest BCUT2D eigenvalue weighted by molar-refractivity contribution is 5.99. The molecule has 1 aromatic heterocycles. The molecule has 0 unspecified atom stereocenters. The summed E-state index contributed by atoms with van der Waals surface area (Å²) in [5, 5.41) is 11.0. The molecule has 21 heavy (non-hydrogen) atoms. The van der Waals surface area contributed by atoms with Crippen LogP contribution in [0.25, 0.3) is 6.08 Å². The SMILES string of the molecule is CCOCCn1c([N+](=O)[O-])cnc1/C=C1\CCN(C)C1=O. The van der Waals surface area contributed by atoms with Gasteiger partial charge in [0.15, 0.2) is 0 Å². The van der Waals surface area contributed by atoms with Crippen LogP contribution >= 0.6 is 0 Å². The van der Waals surface area contributed by atoms with Gasteiger partial charge in [-0.05, 0) is 18.3 Å². The molecule has 0 bridgehead atoms. The Kier molecular flexibility index (Phi) is 4.69. The summed E-state index contributed by atoms with van der Waals surface area (Å²) >= 11 is 0. The number of amides is 1. The molecule has 0 aliphatic carbocycles. The molecule has 1 saturated heterocycles. The fourth-order valence-corrected chi connectivity index (χ4v) is 2.20. The molecule has 2 heterocycles. The van der Waals surface area contributed by atoms with E-state index < -0.39 is 4.92 Å². The number of carbonyl (C=O) groups excluding carboxylic acids is 1. The van der Waals surface area contributed by atoms with Crippen molar-refractivity contribution in [1.29, 1.82) is 0 Å². The summed E-state index contributed by atoms with van der Waals surface area (Å²) in [6.07, 6.45) is 3.47. The van der Waals surface area contributed by atoms with Crippen LogP contribution in [-0.2, 0) is 16.1 Å². The molecule has 0 radical (unpaired) electrons. The quantitative estimate of drug-likeness (QED) is 0.339. The average molecular weight is 294 g/mol. The minimum absolute atomic E-state index is 0.0583. The van der Waals surface area contributed by atoms with Gasteiger partial charge < -0.3 is 19.8 Å². The summed E-state index contributed by atoms with van der Waals surface area (Å²) in [5.74, 6) is 0.261. The van der Waals surface area contributed by atoms with E-state index in [1.54, 1.807) is 18.0 Å². The second-order valence-corrected chi connectivity index (χ2v) is 4.73. The van der Waals surface area contributed by atoms with Gasteiger partial charge in [0.2, 0.25) is 11.7 Å². The summed E-state index contributed by atoms with van der Waals surface area (Å²) in [7, 11) is 1.73. The molecule has 0 saturated carbocycles. The maximum absolute atomic E-state index is 11.9. The molecule has 1 aliphatic heterocycles. The van der Waals surface area contributed by atoms with Gasteiger partial charge in [0, 0.05) is 31.8 Å². The van der Waals surface area contributed by atoms with Crippen LogP contribution in [0.15, 0.2) is 11.8 Å². The summed E-state index contributed by atoms with van der Waals surface area (Å²) in [4.78, 5) is 28.1. The molecule has 0 aromatic carbocycles. The van der Waals surface area contributed by atoms with Crippen molar-refractivity contribution in [3.63, 3.8) is 0 Å². The first kappa shape index (κ1) is 15.2. The molecule has 1 amide bonds. The molecule has 8 nitrogen and oxygen atoms in total. The van der Waals surface area contributed by atoms with Crippen LogP contribution in [-0.4, -0.2) is 52.1 Å². The first-order chi connectivity index (χ1) is 10.0. The highest BCUT2D eigenvalue weighted by atomic mass is 16.6. The third-order valence-electron chi connectivity index (χ3n) is 3.36. The predicted octanol–water partition coefficient (Wildman–Crippen LogP) is 1.07. The van der Waals surface area contributed by atoms with Gasteiger partial charge in [0.1, 0.15) is 12.7 Å². The number of aromatic nitrogens is 2. The van der Waals surface area contributed by atoms with Crippen LogP contribution in [0.5, 0.6) is 0 Å². The second kappa shape index (κ2) is 6.49. The van der Waals surface area contributed by atoms with Crippen molar-refractivity contribution in [3.05, 3.63) is 27.7 Å². The van der Waals surface area contributed by atoms with Gasteiger partial charge in [-0.2, -0.15) is 0 Å². The number of likely N-dealkylation sites (N-methyl/N-ethyl adjacent to an activating group) is 1. The van der Waals surface area contributed by atoms with Crippen molar-refractivity contribution >= 4 is 17.8 Å². The molecule has 0 atom stereocenters. The molecule has 8 heteroatoms. The Morgan fingerprint density at radius 3 is 2.90 bits per heavy atom. The number of likely N-dealkylation sites (tertiary alicyclic amines) is 1. The average Bonchev–Trinajstić information content (AvgIpc) is 2.98. The smallest absolute Gasteiger partial charge is 0.343 e.